The molecular weight excluding hydrogens is 222 g/mol. The van der Waals surface area contributed by atoms with E-state index < -0.39 is 0 Å². The van der Waals surface area contributed by atoms with Crippen LogP contribution in [0.5, 0.6) is 0 Å². The van der Waals surface area contributed by atoms with Gasteiger partial charge in [-0.2, -0.15) is 4.98 Å². The second kappa shape index (κ2) is 5.68. The average Bonchev–Trinajstić information content (AvgIpc) is 2.62. The highest BCUT2D eigenvalue weighted by Crippen LogP contribution is 2.26. The molecule has 0 radical (unpaired) electrons. The number of hydrogen-bond acceptors (Lipinski definition) is 5. The minimum atomic E-state index is -0.120. The molecule has 5 heteroatoms. The summed E-state index contributed by atoms with van der Waals surface area (Å²) in [5.41, 5.74) is 5.90. The largest absolute Gasteiger partial charge is 0.338 e. The number of rotatable bonds is 5. The first-order valence-corrected chi connectivity index (χ1v) is 6.63. The molecule has 92 valence electrons. The van der Waals surface area contributed by atoms with Crippen molar-refractivity contribution in [3.05, 3.63) is 11.7 Å². The van der Waals surface area contributed by atoms with Gasteiger partial charge in [-0.3, -0.25) is 0 Å². The summed E-state index contributed by atoms with van der Waals surface area (Å²) in [6.45, 7) is 8.59. The first kappa shape index (κ1) is 13.5. The summed E-state index contributed by atoms with van der Waals surface area (Å²) in [4.78, 5) is 4.31. The van der Waals surface area contributed by atoms with E-state index in [1.165, 1.54) is 0 Å². The van der Waals surface area contributed by atoms with Gasteiger partial charge in [0.15, 0.2) is 5.82 Å². The Bertz CT molecular complexity index is 319. The van der Waals surface area contributed by atoms with Crippen LogP contribution in [0.4, 0.5) is 0 Å². The van der Waals surface area contributed by atoms with E-state index in [0.29, 0.717) is 5.89 Å². The van der Waals surface area contributed by atoms with E-state index in [9.17, 15) is 0 Å². The third kappa shape index (κ3) is 4.53. The molecular formula is C11H21N3OS. The van der Waals surface area contributed by atoms with E-state index in [0.717, 1.165) is 24.4 Å². The maximum absolute atomic E-state index is 5.90. The predicted molar refractivity (Wildman–Crippen MR) is 67.2 cm³/mol. The minimum absolute atomic E-state index is 0.120. The Labute approximate surface area is 101 Å². The van der Waals surface area contributed by atoms with Gasteiger partial charge >= 0.3 is 0 Å². The van der Waals surface area contributed by atoms with Crippen LogP contribution in [-0.2, 0) is 5.75 Å². The van der Waals surface area contributed by atoms with Crippen LogP contribution < -0.4 is 5.73 Å². The first-order chi connectivity index (χ1) is 7.42. The molecule has 1 aromatic heterocycles. The molecule has 0 fully saturated rings. The minimum Gasteiger partial charge on any atom is -0.338 e. The highest BCUT2D eigenvalue weighted by atomic mass is 32.2. The Kier molecular flexibility index (Phi) is 4.80. The summed E-state index contributed by atoms with van der Waals surface area (Å²) in [6.07, 6.45) is 1.91. The van der Waals surface area contributed by atoms with Crippen LogP contribution in [0, 0.1) is 0 Å². The van der Waals surface area contributed by atoms with E-state index in [1.807, 2.05) is 0 Å². The normalized spacial score (nSPS) is 14.1. The van der Waals surface area contributed by atoms with E-state index in [-0.39, 0.29) is 10.8 Å². The van der Waals surface area contributed by atoms with Gasteiger partial charge in [0.05, 0.1) is 11.8 Å². The fourth-order valence-corrected chi connectivity index (χ4v) is 1.87. The maximum atomic E-state index is 5.90. The predicted octanol–water partition coefficient (Wildman–Crippen LogP) is 2.90. The van der Waals surface area contributed by atoms with Crippen LogP contribution in [0.25, 0.3) is 0 Å². The van der Waals surface area contributed by atoms with Crippen molar-refractivity contribution in [2.75, 3.05) is 0 Å². The zero-order valence-electron chi connectivity index (χ0n) is 10.5. The molecule has 0 spiro atoms. The molecule has 4 nitrogen and oxygen atoms in total. The lowest BCUT2D eigenvalue weighted by molar-refractivity contribution is 0.345. The van der Waals surface area contributed by atoms with Gasteiger partial charge in [0.1, 0.15) is 0 Å². The topological polar surface area (TPSA) is 64.9 Å². The summed E-state index contributed by atoms with van der Waals surface area (Å²) in [5, 5.41) is 3.94. The summed E-state index contributed by atoms with van der Waals surface area (Å²) >= 11 is 1.80. The zero-order valence-corrected chi connectivity index (χ0v) is 11.3. The van der Waals surface area contributed by atoms with Crippen molar-refractivity contribution in [2.24, 2.45) is 5.73 Å². The van der Waals surface area contributed by atoms with Crippen molar-refractivity contribution in [1.29, 1.82) is 0 Å². The van der Waals surface area contributed by atoms with Gasteiger partial charge in [-0.05, 0) is 6.42 Å². The van der Waals surface area contributed by atoms with Crippen LogP contribution in [-0.4, -0.2) is 14.9 Å². The Morgan fingerprint density at radius 2 is 2.12 bits per heavy atom. The molecule has 1 rings (SSSR count). The average molecular weight is 243 g/mol. The zero-order chi connectivity index (χ0) is 12.2. The maximum Gasteiger partial charge on any atom is 0.243 e. The van der Waals surface area contributed by atoms with Crippen LogP contribution >= 0.6 is 11.8 Å². The van der Waals surface area contributed by atoms with Crippen molar-refractivity contribution in [3.63, 3.8) is 0 Å². The second-order valence-corrected chi connectivity index (χ2v) is 6.65. The monoisotopic (exact) mass is 243 g/mol. The molecule has 2 N–H and O–H groups in total. The van der Waals surface area contributed by atoms with Gasteiger partial charge in [0.2, 0.25) is 5.89 Å². The summed E-state index contributed by atoms with van der Waals surface area (Å²) in [7, 11) is 0. The highest BCUT2D eigenvalue weighted by Gasteiger charge is 2.16. The molecule has 1 heterocycles. The Hall–Kier alpha value is -0.550. The fourth-order valence-electron chi connectivity index (χ4n) is 1.19. The van der Waals surface area contributed by atoms with Crippen molar-refractivity contribution in [2.45, 2.75) is 57.1 Å². The standard InChI is InChI=1S/C11H21N3OS/c1-5-6-8(12)10-13-9(14-15-10)7-16-11(2,3)4/h8H,5-7,12H2,1-4H3. The van der Waals surface area contributed by atoms with Gasteiger partial charge < -0.3 is 10.3 Å². The second-order valence-electron chi connectivity index (χ2n) is 4.85. The summed E-state index contributed by atoms with van der Waals surface area (Å²) in [6, 6.07) is -0.120. The SMILES string of the molecule is CCCC(N)c1nc(CSC(C)(C)C)no1. The molecule has 0 aromatic carbocycles. The van der Waals surface area contributed by atoms with Gasteiger partial charge in [-0.1, -0.05) is 39.3 Å². The summed E-state index contributed by atoms with van der Waals surface area (Å²) in [5.74, 6) is 2.07. The Morgan fingerprint density at radius 3 is 2.69 bits per heavy atom. The molecule has 0 saturated carbocycles. The van der Waals surface area contributed by atoms with Gasteiger partial charge in [-0.15, -0.1) is 11.8 Å². The van der Waals surface area contributed by atoms with Crippen LogP contribution in [0.3, 0.4) is 0 Å². The van der Waals surface area contributed by atoms with Crippen molar-refractivity contribution in [3.8, 4) is 0 Å². The lowest BCUT2D eigenvalue weighted by atomic mass is 10.2. The van der Waals surface area contributed by atoms with Gasteiger partial charge in [0, 0.05) is 4.75 Å². The lowest BCUT2D eigenvalue weighted by Gasteiger charge is -2.15. The third-order valence-corrected chi connectivity index (χ3v) is 3.30. The highest BCUT2D eigenvalue weighted by molar-refractivity contribution is 7.99. The molecule has 1 unspecified atom stereocenters. The van der Waals surface area contributed by atoms with Crippen molar-refractivity contribution < 1.29 is 4.52 Å². The molecule has 0 amide bonds. The molecule has 1 atom stereocenters. The quantitative estimate of drug-likeness (QED) is 0.861. The van der Waals surface area contributed by atoms with Crippen LogP contribution in [0.2, 0.25) is 0 Å². The number of nitrogens with two attached hydrogens (primary N) is 1. The Morgan fingerprint density at radius 1 is 1.44 bits per heavy atom. The molecule has 0 saturated heterocycles. The van der Waals surface area contributed by atoms with Crippen LogP contribution in [0.15, 0.2) is 4.52 Å². The molecule has 0 aliphatic carbocycles. The summed E-state index contributed by atoms with van der Waals surface area (Å²) < 4.78 is 5.36. The molecule has 16 heavy (non-hydrogen) atoms. The first-order valence-electron chi connectivity index (χ1n) is 5.64. The van der Waals surface area contributed by atoms with E-state index >= 15 is 0 Å². The molecule has 0 aliphatic rings. The van der Waals surface area contributed by atoms with E-state index in [4.69, 9.17) is 10.3 Å². The van der Waals surface area contributed by atoms with Gasteiger partial charge in [-0.25, -0.2) is 0 Å². The lowest BCUT2D eigenvalue weighted by Crippen LogP contribution is -2.10. The smallest absolute Gasteiger partial charge is 0.243 e. The third-order valence-electron chi connectivity index (χ3n) is 2.03. The molecule has 0 aliphatic heterocycles. The van der Waals surface area contributed by atoms with Crippen molar-refractivity contribution in [1.82, 2.24) is 10.1 Å². The molecule has 1 aromatic rings. The van der Waals surface area contributed by atoms with Gasteiger partial charge in [0.25, 0.3) is 0 Å². The van der Waals surface area contributed by atoms with Crippen molar-refractivity contribution >= 4 is 11.8 Å². The van der Waals surface area contributed by atoms with E-state index in [2.05, 4.69) is 37.8 Å². The number of aromatic nitrogens is 2. The van der Waals surface area contributed by atoms with E-state index in [1.54, 1.807) is 11.8 Å². The Balaban J connectivity index is 2.51. The number of nitrogens with zero attached hydrogens (tertiary/aromatic N) is 2. The van der Waals surface area contributed by atoms with Crippen LogP contribution in [0.1, 0.15) is 58.3 Å². The number of hydrogen-bond donors (Lipinski definition) is 1. The molecule has 0 bridgehead atoms. The fraction of sp³-hybridized carbons (Fsp3) is 0.818. The number of thioether (sulfide) groups is 1.